The van der Waals surface area contributed by atoms with E-state index in [0.717, 1.165) is 48.7 Å². The number of piperazine rings is 1. The molecule has 3 aromatic rings. The lowest BCUT2D eigenvalue weighted by atomic mass is 10.0. The summed E-state index contributed by atoms with van der Waals surface area (Å²) in [5.41, 5.74) is 4.20. The van der Waals surface area contributed by atoms with Gasteiger partial charge in [-0.1, -0.05) is 25.0 Å². The summed E-state index contributed by atoms with van der Waals surface area (Å²) in [4.78, 5) is 10.1. The molecule has 0 atom stereocenters. The lowest BCUT2D eigenvalue weighted by Gasteiger charge is -2.35. The van der Waals surface area contributed by atoms with Gasteiger partial charge in [0, 0.05) is 62.6 Å². The van der Waals surface area contributed by atoms with Crippen molar-refractivity contribution in [2.24, 2.45) is 0 Å². The second-order valence-electron chi connectivity index (χ2n) is 9.78. The Morgan fingerprint density at radius 1 is 0.882 bits per heavy atom. The maximum Gasteiger partial charge on any atom is 0.252 e. The van der Waals surface area contributed by atoms with Gasteiger partial charge >= 0.3 is 0 Å². The topological polar surface area (TPSA) is 56.8 Å². The number of hydrogen-bond donors (Lipinski definition) is 0. The van der Waals surface area contributed by atoms with Gasteiger partial charge < -0.3 is 4.90 Å². The van der Waals surface area contributed by atoms with Crippen LogP contribution in [0.2, 0.25) is 0 Å². The van der Waals surface area contributed by atoms with Gasteiger partial charge in [0.15, 0.2) is 0 Å². The van der Waals surface area contributed by atoms with E-state index in [1.807, 2.05) is 12.1 Å². The van der Waals surface area contributed by atoms with Crippen molar-refractivity contribution in [3.05, 3.63) is 53.7 Å². The van der Waals surface area contributed by atoms with Crippen molar-refractivity contribution < 1.29 is 8.42 Å². The summed E-state index contributed by atoms with van der Waals surface area (Å²) in [6.45, 7) is 4.80. The van der Waals surface area contributed by atoms with E-state index in [4.69, 9.17) is 0 Å². The summed E-state index contributed by atoms with van der Waals surface area (Å²) in [7, 11) is -3.48. The number of aromatic nitrogens is 1. The fourth-order valence-corrected chi connectivity index (χ4v) is 8.73. The molecule has 1 saturated carbocycles. The van der Waals surface area contributed by atoms with E-state index < -0.39 is 10.0 Å². The van der Waals surface area contributed by atoms with E-state index in [9.17, 15) is 8.42 Å². The number of fused-ring (bicyclic) bond motifs is 2. The quantitative estimate of drug-likeness (QED) is 0.543. The van der Waals surface area contributed by atoms with Gasteiger partial charge in [0.1, 0.15) is 9.04 Å². The molecule has 6 nitrogen and oxygen atoms in total. The van der Waals surface area contributed by atoms with Crippen LogP contribution in [0.4, 0.5) is 5.69 Å². The molecule has 180 valence electrons. The molecule has 0 N–H and O–H groups in total. The first kappa shape index (κ1) is 22.5. The van der Waals surface area contributed by atoms with Crippen molar-refractivity contribution >= 4 is 37.3 Å². The molecule has 1 saturated heterocycles. The van der Waals surface area contributed by atoms with Gasteiger partial charge in [0.25, 0.3) is 10.0 Å². The lowest BCUT2D eigenvalue weighted by molar-refractivity contribution is 0.208. The first-order valence-corrected chi connectivity index (χ1v) is 14.8. The average Bonchev–Trinajstić information content (AvgIpc) is 3.51. The van der Waals surface area contributed by atoms with Crippen molar-refractivity contribution in [2.45, 2.75) is 48.8 Å². The van der Waals surface area contributed by atoms with Crippen molar-refractivity contribution in [3.63, 3.8) is 0 Å². The van der Waals surface area contributed by atoms with Crippen LogP contribution in [0.3, 0.4) is 0 Å². The van der Waals surface area contributed by atoms with E-state index in [0.29, 0.717) is 17.3 Å². The number of pyridine rings is 1. The monoisotopic (exact) mass is 496 g/mol. The Kier molecular flexibility index (Phi) is 6.09. The third-order valence-electron chi connectivity index (χ3n) is 7.84. The predicted molar refractivity (Wildman–Crippen MR) is 138 cm³/mol. The Bertz CT molecular complexity index is 1240. The highest BCUT2D eigenvalue weighted by Crippen LogP contribution is 2.31. The zero-order valence-electron chi connectivity index (χ0n) is 19.5. The van der Waals surface area contributed by atoms with E-state index >= 15 is 0 Å². The summed E-state index contributed by atoms with van der Waals surface area (Å²) in [6, 6.07) is 13.2. The number of hydrogen-bond acceptors (Lipinski definition) is 6. The Labute approximate surface area is 206 Å². The van der Waals surface area contributed by atoms with Crippen LogP contribution >= 0.6 is 11.3 Å². The summed E-state index contributed by atoms with van der Waals surface area (Å²) < 4.78 is 28.5. The molecule has 0 spiro atoms. The van der Waals surface area contributed by atoms with Gasteiger partial charge in [-0.2, -0.15) is 4.31 Å². The molecule has 1 aromatic carbocycles. The van der Waals surface area contributed by atoms with Crippen LogP contribution in [0.5, 0.6) is 0 Å². The third-order valence-corrected chi connectivity index (χ3v) is 11.2. The molecular weight excluding hydrogens is 464 g/mol. The van der Waals surface area contributed by atoms with Crippen molar-refractivity contribution in [1.29, 1.82) is 0 Å². The number of anilines is 1. The standard InChI is InChI=1S/C26H32N4O2S2/c31-34(32,25-19-22-4-3-11-27-26(22)33-25)30-16-14-29(15-17-30)24-8-7-20-9-12-28(13-10-21(20)18-24)23-5-1-2-6-23/h3-4,7-8,11,18-19,23H,1-2,5-6,9-10,12-17H2. The summed E-state index contributed by atoms with van der Waals surface area (Å²) >= 11 is 1.26. The first-order valence-electron chi connectivity index (χ1n) is 12.5. The van der Waals surface area contributed by atoms with Gasteiger partial charge in [-0.3, -0.25) is 4.90 Å². The molecule has 2 aromatic heterocycles. The maximum atomic E-state index is 13.3. The number of nitrogens with zero attached hydrogens (tertiary/aromatic N) is 4. The number of benzene rings is 1. The minimum absolute atomic E-state index is 0.395. The van der Waals surface area contributed by atoms with Gasteiger partial charge in [-0.05, 0) is 61.1 Å². The van der Waals surface area contributed by atoms with E-state index in [2.05, 4.69) is 33.0 Å². The Balaban J connectivity index is 1.12. The molecule has 0 radical (unpaired) electrons. The largest absolute Gasteiger partial charge is 0.369 e. The van der Waals surface area contributed by atoms with Crippen LogP contribution in [-0.2, 0) is 22.9 Å². The zero-order chi connectivity index (χ0) is 23.1. The second-order valence-corrected chi connectivity index (χ2v) is 13.0. The molecule has 1 aliphatic carbocycles. The molecule has 4 heterocycles. The molecule has 0 amide bonds. The average molecular weight is 497 g/mol. The molecule has 6 rings (SSSR count). The SMILES string of the molecule is O=S(=O)(c1cc2cccnc2s1)N1CCN(c2ccc3c(c2)CCN(C2CCCC2)CC3)CC1. The van der Waals surface area contributed by atoms with Gasteiger partial charge in [-0.15, -0.1) is 11.3 Å². The van der Waals surface area contributed by atoms with Crippen LogP contribution in [0.1, 0.15) is 36.8 Å². The molecule has 8 heteroatoms. The van der Waals surface area contributed by atoms with Crippen molar-refractivity contribution in [1.82, 2.24) is 14.2 Å². The fourth-order valence-electron chi connectivity index (χ4n) is 5.85. The molecule has 0 unspecified atom stereocenters. The van der Waals surface area contributed by atoms with Crippen LogP contribution in [-0.4, -0.2) is 67.9 Å². The van der Waals surface area contributed by atoms with Crippen molar-refractivity contribution in [3.8, 4) is 0 Å². The number of sulfonamides is 1. The van der Waals surface area contributed by atoms with E-state index in [1.165, 1.54) is 60.4 Å². The molecule has 34 heavy (non-hydrogen) atoms. The molecule has 0 bridgehead atoms. The maximum absolute atomic E-state index is 13.3. The second kappa shape index (κ2) is 9.22. The Morgan fingerprint density at radius 3 is 2.41 bits per heavy atom. The van der Waals surface area contributed by atoms with Crippen molar-refractivity contribution in [2.75, 3.05) is 44.2 Å². The number of rotatable bonds is 4. The first-order chi connectivity index (χ1) is 16.6. The van der Waals surface area contributed by atoms with Gasteiger partial charge in [0.05, 0.1) is 0 Å². The van der Waals surface area contributed by atoms with Crippen LogP contribution < -0.4 is 4.90 Å². The molecule has 2 aliphatic heterocycles. The fraction of sp³-hybridized carbons (Fsp3) is 0.500. The summed E-state index contributed by atoms with van der Waals surface area (Å²) in [5.74, 6) is 0. The van der Waals surface area contributed by atoms with Crippen LogP contribution in [0, 0.1) is 0 Å². The van der Waals surface area contributed by atoms with E-state index in [1.54, 1.807) is 16.6 Å². The summed E-state index contributed by atoms with van der Waals surface area (Å²) in [5, 5.41) is 0.890. The molecule has 2 fully saturated rings. The van der Waals surface area contributed by atoms with Gasteiger partial charge in [0.2, 0.25) is 0 Å². The highest BCUT2D eigenvalue weighted by molar-refractivity contribution is 7.91. The van der Waals surface area contributed by atoms with Crippen LogP contribution in [0.15, 0.2) is 46.8 Å². The molecule has 3 aliphatic rings. The zero-order valence-corrected chi connectivity index (χ0v) is 21.2. The summed E-state index contributed by atoms with van der Waals surface area (Å²) in [6.07, 6.45) is 9.48. The van der Waals surface area contributed by atoms with Crippen LogP contribution in [0.25, 0.3) is 10.2 Å². The normalized spacial score (nSPS) is 21.1. The van der Waals surface area contributed by atoms with E-state index in [-0.39, 0.29) is 0 Å². The smallest absolute Gasteiger partial charge is 0.252 e. The minimum atomic E-state index is -3.48. The highest BCUT2D eigenvalue weighted by Gasteiger charge is 2.31. The third kappa shape index (κ3) is 4.26. The van der Waals surface area contributed by atoms with Gasteiger partial charge in [-0.25, -0.2) is 13.4 Å². The number of thiophene rings is 1. The lowest BCUT2D eigenvalue weighted by Crippen LogP contribution is -2.48. The Morgan fingerprint density at radius 2 is 1.65 bits per heavy atom. The molecular formula is C26H32N4O2S2. The highest BCUT2D eigenvalue weighted by atomic mass is 32.2. The Hall–Kier alpha value is -2.00. The minimum Gasteiger partial charge on any atom is -0.369 e. The predicted octanol–water partition coefficient (Wildman–Crippen LogP) is 4.15.